The van der Waals surface area contributed by atoms with E-state index in [2.05, 4.69) is 15.4 Å². The van der Waals surface area contributed by atoms with Crippen LogP contribution in [0.3, 0.4) is 0 Å². The molecule has 0 radical (unpaired) electrons. The maximum atomic E-state index is 13.1. The van der Waals surface area contributed by atoms with Gasteiger partial charge in [-0.3, -0.25) is 19.4 Å². The van der Waals surface area contributed by atoms with Gasteiger partial charge in [0.1, 0.15) is 17.9 Å². The van der Waals surface area contributed by atoms with Gasteiger partial charge in [-0.1, -0.05) is 12.1 Å². The number of nitrogens with zero attached hydrogens (tertiary/aromatic N) is 4. The fraction of sp³-hybridized carbons (Fsp3) is 0.348. The van der Waals surface area contributed by atoms with Gasteiger partial charge in [-0.2, -0.15) is 5.10 Å². The third kappa shape index (κ3) is 4.73. The maximum absolute atomic E-state index is 13.1. The molecule has 0 saturated carbocycles. The van der Waals surface area contributed by atoms with Gasteiger partial charge in [0.15, 0.2) is 0 Å². The third-order valence-corrected chi connectivity index (χ3v) is 6.95. The van der Waals surface area contributed by atoms with E-state index in [4.69, 9.17) is 9.47 Å². The molecule has 1 fully saturated rings. The lowest BCUT2D eigenvalue weighted by Crippen LogP contribution is -2.45. The van der Waals surface area contributed by atoms with Crippen LogP contribution in [0.15, 0.2) is 30.3 Å². The van der Waals surface area contributed by atoms with Crippen LogP contribution in [-0.2, 0) is 27.1 Å². The Kier molecular flexibility index (Phi) is 6.20. The summed E-state index contributed by atoms with van der Waals surface area (Å²) in [5, 5.41) is 8.64. The van der Waals surface area contributed by atoms with E-state index in [1.54, 1.807) is 22.9 Å². The summed E-state index contributed by atoms with van der Waals surface area (Å²) in [6.07, 6.45) is 3.31. The third-order valence-electron chi connectivity index (χ3n) is 5.98. The number of carbonyl (C=O) groups excluding carboxylic acids is 1. The molecule has 3 N–H and O–H groups in total. The van der Waals surface area contributed by atoms with E-state index in [0.29, 0.717) is 43.3 Å². The number of hydrogen-bond donors (Lipinski definition) is 3. The number of fused-ring (bicyclic) bond motifs is 2. The van der Waals surface area contributed by atoms with Crippen molar-refractivity contribution in [3.05, 3.63) is 58.0 Å². The highest BCUT2D eigenvalue weighted by molar-refractivity contribution is 7.60. The van der Waals surface area contributed by atoms with Gasteiger partial charge >= 0.3 is 7.60 Å². The van der Waals surface area contributed by atoms with Crippen LogP contribution in [0.4, 0.5) is 5.95 Å². The van der Waals surface area contributed by atoms with Crippen LogP contribution >= 0.6 is 7.60 Å². The van der Waals surface area contributed by atoms with Crippen LogP contribution in [-0.4, -0.2) is 60.4 Å². The first-order valence-electron chi connectivity index (χ1n) is 11.3. The van der Waals surface area contributed by atoms with Gasteiger partial charge in [-0.15, -0.1) is 0 Å². The zero-order valence-corrected chi connectivity index (χ0v) is 20.2. The van der Waals surface area contributed by atoms with Crippen molar-refractivity contribution in [3.63, 3.8) is 0 Å². The topological polar surface area (TPSA) is 141 Å². The molecule has 1 amide bonds. The average Bonchev–Trinajstić information content (AvgIpc) is 3.37. The number of benzene rings is 1. The number of aromatic nitrogens is 4. The molecular weight excluding hydrogens is 473 g/mol. The van der Waals surface area contributed by atoms with Crippen molar-refractivity contribution >= 4 is 36.9 Å². The Morgan fingerprint density at radius 3 is 2.51 bits per heavy atom. The van der Waals surface area contributed by atoms with Crippen molar-refractivity contribution in [2.24, 2.45) is 0 Å². The summed E-state index contributed by atoms with van der Waals surface area (Å²) in [4.78, 5) is 36.6. The number of rotatable bonds is 6. The van der Waals surface area contributed by atoms with E-state index in [1.165, 1.54) is 12.1 Å². The van der Waals surface area contributed by atoms with Gasteiger partial charge in [0.25, 0.3) is 5.91 Å². The number of ether oxygens (including phenoxy) is 2. The molecule has 1 saturated heterocycles. The first kappa shape index (κ1) is 23.7. The lowest BCUT2D eigenvalue weighted by Gasteiger charge is -2.29. The van der Waals surface area contributed by atoms with Crippen molar-refractivity contribution in [1.29, 1.82) is 0 Å². The van der Waals surface area contributed by atoms with Gasteiger partial charge in [0.2, 0.25) is 5.95 Å². The molecule has 5 rings (SSSR count). The van der Waals surface area contributed by atoms with Crippen LogP contribution < -0.4 is 21.3 Å². The van der Waals surface area contributed by atoms with Gasteiger partial charge in [-0.05, 0) is 49.8 Å². The molecule has 2 aromatic heterocycles. The van der Waals surface area contributed by atoms with E-state index >= 15 is 0 Å². The molecule has 35 heavy (non-hydrogen) atoms. The second-order valence-corrected chi connectivity index (χ2v) is 10.1. The molecule has 3 aromatic rings. The summed E-state index contributed by atoms with van der Waals surface area (Å²) in [5.41, 5.74) is 1.95. The Hall–Kier alpha value is -3.08. The molecule has 3 heterocycles. The van der Waals surface area contributed by atoms with Gasteiger partial charge in [0, 0.05) is 6.54 Å². The smallest absolute Gasteiger partial charge is 0.356 e. The lowest BCUT2D eigenvalue weighted by atomic mass is 10.1. The summed E-state index contributed by atoms with van der Waals surface area (Å²) >= 11 is 0. The molecule has 12 heteroatoms. The first-order valence-corrected chi connectivity index (χ1v) is 12.9. The molecule has 2 unspecified atom stereocenters. The minimum Gasteiger partial charge on any atom is -0.369 e. The zero-order valence-electron chi connectivity index (χ0n) is 19.3. The Morgan fingerprint density at radius 2 is 1.86 bits per heavy atom. The number of nitrogens with one attached hydrogen (secondary N) is 1. The highest BCUT2D eigenvalue weighted by Crippen LogP contribution is 2.32. The molecule has 2 atom stereocenters. The summed E-state index contributed by atoms with van der Waals surface area (Å²) < 4.78 is 26.7. The molecule has 0 spiro atoms. The van der Waals surface area contributed by atoms with Crippen LogP contribution in [0.5, 0.6) is 0 Å². The highest BCUT2D eigenvalue weighted by Gasteiger charge is 2.28. The Labute approximate surface area is 200 Å². The summed E-state index contributed by atoms with van der Waals surface area (Å²) in [5.74, 6) is 0.00419. The molecule has 2 aliphatic rings. The SMILES string of the molecule is CCn1nc(C)cc1C(=O)Nc1nc2c(n1Cc1ccc(P(=O)(O)O)cc1)=CC1OCCOC1C=2. The fourth-order valence-electron chi connectivity index (χ4n) is 4.31. The quantitative estimate of drug-likeness (QED) is 0.399. The predicted molar refractivity (Wildman–Crippen MR) is 128 cm³/mol. The molecule has 1 aromatic carbocycles. The lowest BCUT2D eigenvalue weighted by molar-refractivity contribution is -0.0893. The minimum atomic E-state index is -4.34. The van der Waals surface area contributed by atoms with Gasteiger partial charge in [-0.25, -0.2) is 4.98 Å². The minimum absolute atomic E-state index is 0.0545. The van der Waals surface area contributed by atoms with E-state index in [-0.39, 0.29) is 23.4 Å². The van der Waals surface area contributed by atoms with Crippen molar-refractivity contribution in [2.45, 2.75) is 39.1 Å². The number of imidazole rings is 1. The molecule has 184 valence electrons. The van der Waals surface area contributed by atoms with Crippen molar-refractivity contribution in [1.82, 2.24) is 19.3 Å². The highest BCUT2D eigenvalue weighted by atomic mass is 31.2. The molecule has 0 bridgehead atoms. The summed E-state index contributed by atoms with van der Waals surface area (Å²) in [6.45, 7) is 5.59. The second-order valence-electron chi connectivity index (χ2n) is 8.45. The van der Waals surface area contributed by atoms with Crippen LogP contribution in [0.1, 0.15) is 28.7 Å². The Balaban J connectivity index is 1.55. The van der Waals surface area contributed by atoms with E-state index in [9.17, 15) is 19.1 Å². The van der Waals surface area contributed by atoms with Crippen molar-refractivity contribution in [3.8, 4) is 0 Å². The molecule has 11 nitrogen and oxygen atoms in total. The normalized spacial score (nSPS) is 19.3. The van der Waals surface area contributed by atoms with E-state index in [1.807, 2.05) is 30.6 Å². The number of hydrogen-bond acceptors (Lipinski definition) is 6. The fourth-order valence-corrected chi connectivity index (χ4v) is 4.84. The zero-order chi connectivity index (χ0) is 24.7. The molecular formula is C23H26N5O6P. The van der Waals surface area contributed by atoms with E-state index < -0.39 is 7.60 Å². The standard InChI is InChI=1S/C23H26N5O6P/c1-3-28-19(10-14(2)26-28)22(29)25-23-24-17-11-20-21(34-9-8-33-20)12-18(17)27(23)13-15-4-6-16(7-5-15)35(30,31)32/h4-7,10-12,20-21H,3,8-9,13H2,1-2H3,(H,24,25,29)(H2,30,31,32). The summed E-state index contributed by atoms with van der Waals surface area (Å²) in [7, 11) is -4.34. The summed E-state index contributed by atoms with van der Waals surface area (Å²) in [6, 6.07) is 7.84. The van der Waals surface area contributed by atoms with Crippen LogP contribution in [0.25, 0.3) is 12.2 Å². The van der Waals surface area contributed by atoms with Gasteiger partial charge < -0.3 is 23.8 Å². The van der Waals surface area contributed by atoms with Crippen molar-refractivity contribution in [2.75, 3.05) is 18.5 Å². The molecule has 1 aliphatic carbocycles. The number of amides is 1. The Bertz CT molecular complexity index is 1440. The monoisotopic (exact) mass is 499 g/mol. The predicted octanol–water partition coefficient (Wildman–Crippen LogP) is -0.130. The Morgan fingerprint density at radius 1 is 1.17 bits per heavy atom. The van der Waals surface area contributed by atoms with Crippen molar-refractivity contribution < 1.29 is 28.6 Å². The second kappa shape index (κ2) is 9.18. The number of carbonyl (C=O) groups is 1. The average molecular weight is 499 g/mol. The first-order chi connectivity index (χ1) is 16.7. The van der Waals surface area contributed by atoms with E-state index in [0.717, 1.165) is 16.6 Å². The molecule has 1 aliphatic heterocycles. The maximum Gasteiger partial charge on any atom is 0.356 e. The van der Waals surface area contributed by atoms with Crippen LogP contribution in [0, 0.1) is 6.92 Å². The van der Waals surface area contributed by atoms with Gasteiger partial charge in [0.05, 0.1) is 41.5 Å². The largest absolute Gasteiger partial charge is 0.369 e. The number of anilines is 1. The van der Waals surface area contributed by atoms with Crippen LogP contribution in [0.2, 0.25) is 0 Å². The number of aryl methyl sites for hydroxylation is 2.